The molecule has 21 heavy (non-hydrogen) atoms. The minimum atomic E-state index is -0.233. The Kier molecular flexibility index (Phi) is 3.76. The maximum Gasteiger partial charge on any atom is 0.269 e. The first kappa shape index (κ1) is 13.8. The van der Waals surface area contributed by atoms with Gasteiger partial charge in [0.05, 0.1) is 0 Å². The average molecular weight is 318 g/mol. The molecule has 0 fully saturated rings. The van der Waals surface area contributed by atoms with E-state index in [0.717, 1.165) is 17.6 Å². The molecule has 2 heterocycles. The van der Waals surface area contributed by atoms with Gasteiger partial charge in [-0.25, -0.2) is 4.98 Å². The zero-order valence-electron chi connectivity index (χ0n) is 11.3. The molecule has 3 rings (SSSR count). The summed E-state index contributed by atoms with van der Waals surface area (Å²) in [5, 5.41) is 9.72. The summed E-state index contributed by atoms with van der Waals surface area (Å²) in [6.07, 6.45) is 0. The molecule has 0 radical (unpaired) electrons. The van der Waals surface area contributed by atoms with Gasteiger partial charge in [-0.2, -0.15) is 0 Å². The summed E-state index contributed by atoms with van der Waals surface area (Å²) in [7, 11) is 0. The van der Waals surface area contributed by atoms with E-state index >= 15 is 0 Å². The summed E-state index contributed by atoms with van der Waals surface area (Å²) in [5.41, 5.74) is 6.55. The number of carbonyl (C=O) groups excluding carboxylic acids is 1. The number of amides is 1. The molecule has 3 aromatic rings. The lowest BCUT2D eigenvalue weighted by molar-refractivity contribution is 0.103. The molecule has 1 aromatic carbocycles. The number of nitrogens with one attached hydrogen (secondary N) is 2. The van der Waals surface area contributed by atoms with Crippen molar-refractivity contribution in [2.24, 2.45) is 0 Å². The second-order valence-corrected chi connectivity index (χ2v) is 6.34. The van der Waals surface area contributed by atoms with E-state index in [1.54, 1.807) is 11.3 Å². The summed E-state index contributed by atoms with van der Waals surface area (Å²) in [6.45, 7) is 2.70. The Hall–Kier alpha value is -2.12. The van der Waals surface area contributed by atoms with Crippen molar-refractivity contribution in [1.82, 2.24) is 4.98 Å². The normalized spacial score (nSPS) is 10.7. The highest BCUT2D eigenvalue weighted by Gasteiger charge is 2.16. The van der Waals surface area contributed by atoms with Crippen LogP contribution in [0.3, 0.4) is 0 Å². The van der Waals surface area contributed by atoms with Crippen LogP contribution in [-0.2, 0) is 0 Å². The van der Waals surface area contributed by atoms with E-state index in [9.17, 15) is 4.79 Å². The fourth-order valence-corrected chi connectivity index (χ4v) is 3.57. The van der Waals surface area contributed by atoms with Gasteiger partial charge in [-0.3, -0.25) is 4.79 Å². The number of anilines is 3. The van der Waals surface area contributed by atoms with Gasteiger partial charge < -0.3 is 16.4 Å². The van der Waals surface area contributed by atoms with Crippen molar-refractivity contribution in [3.05, 3.63) is 34.5 Å². The number of rotatable bonds is 4. The Balaban J connectivity index is 1.81. The summed E-state index contributed by atoms with van der Waals surface area (Å²) in [5.74, 6) is 0.0220. The fraction of sp³-hybridized carbons (Fsp3) is 0.143. The molecule has 0 atom stereocenters. The monoisotopic (exact) mass is 318 g/mol. The van der Waals surface area contributed by atoms with Crippen LogP contribution in [0.1, 0.15) is 16.6 Å². The number of hydrogen-bond acceptors (Lipinski definition) is 6. The molecule has 4 N–H and O–H groups in total. The Labute approximate surface area is 129 Å². The standard InChI is InChI=1S/C14H14N4OS2/c1-2-16-14-18-12(15)11(21-14)13(19)17-9-3-4-10-8(7-9)5-6-20-10/h3-7H,2,15H2,1H3,(H,16,18)(H,17,19). The SMILES string of the molecule is CCNc1nc(N)c(C(=O)Nc2ccc3sccc3c2)s1. The van der Waals surface area contributed by atoms with Crippen molar-refractivity contribution in [1.29, 1.82) is 0 Å². The molecular weight excluding hydrogens is 304 g/mol. The van der Waals surface area contributed by atoms with Gasteiger partial charge in [0.1, 0.15) is 10.7 Å². The third-order valence-electron chi connectivity index (χ3n) is 2.90. The first-order chi connectivity index (χ1) is 10.2. The minimum absolute atomic E-state index is 0.233. The third kappa shape index (κ3) is 2.84. The van der Waals surface area contributed by atoms with E-state index in [0.29, 0.717) is 10.0 Å². The van der Waals surface area contributed by atoms with Gasteiger partial charge in [0.15, 0.2) is 5.13 Å². The van der Waals surface area contributed by atoms with Gasteiger partial charge in [0, 0.05) is 16.9 Å². The second-order valence-electron chi connectivity index (χ2n) is 4.39. The molecule has 0 aliphatic rings. The van der Waals surface area contributed by atoms with Gasteiger partial charge in [-0.05, 0) is 42.0 Å². The molecule has 0 aliphatic heterocycles. The van der Waals surface area contributed by atoms with Crippen LogP contribution in [0.5, 0.6) is 0 Å². The van der Waals surface area contributed by atoms with E-state index < -0.39 is 0 Å². The molecule has 0 saturated heterocycles. The zero-order chi connectivity index (χ0) is 14.8. The Morgan fingerprint density at radius 1 is 1.38 bits per heavy atom. The molecule has 0 unspecified atom stereocenters. The van der Waals surface area contributed by atoms with Crippen molar-refractivity contribution in [3.8, 4) is 0 Å². The number of carbonyl (C=O) groups is 1. The van der Waals surface area contributed by atoms with Crippen LogP contribution in [0, 0.1) is 0 Å². The van der Waals surface area contributed by atoms with Crippen LogP contribution in [-0.4, -0.2) is 17.4 Å². The summed E-state index contributed by atoms with van der Waals surface area (Å²) in [6, 6.07) is 7.86. The number of benzene rings is 1. The smallest absolute Gasteiger partial charge is 0.269 e. The molecule has 108 valence electrons. The minimum Gasteiger partial charge on any atom is -0.382 e. The first-order valence-corrected chi connectivity index (χ1v) is 8.15. The molecule has 7 heteroatoms. The lowest BCUT2D eigenvalue weighted by atomic mass is 10.2. The highest BCUT2D eigenvalue weighted by atomic mass is 32.1. The largest absolute Gasteiger partial charge is 0.382 e. The van der Waals surface area contributed by atoms with Crippen LogP contribution in [0.4, 0.5) is 16.6 Å². The van der Waals surface area contributed by atoms with Gasteiger partial charge in [-0.15, -0.1) is 11.3 Å². The van der Waals surface area contributed by atoms with E-state index in [1.807, 2.05) is 36.6 Å². The van der Waals surface area contributed by atoms with E-state index in [-0.39, 0.29) is 11.7 Å². The average Bonchev–Trinajstić information content (AvgIpc) is 3.05. The summed E-state index contributed by atoms with van der Waals surface area (Å²) >= 11 is 2.93. The van der Waals surface area contributed by atoms with Crippen LogP contribution in [0.25, 0.3) is 10.1 Å². The molecule has 1 amide bonds. The van der Waals surface area contributed by atoms with Gasteiger partial charge in [-0.1, -0.05) is 11.3 Å². The number of thiophene rings is 1. The third-order valence-corrected chi connectivity index (χ3v) is 4.82. The van der Waals surface area contributed by atoms with Gasteiger partial charge in [0.2, 0.25) is 0 Å². The van der Waals surface area contributed by atoms with Crippen molar-refractivity contribution in [2.45, 2.75) is 6.92 Å². The molecule has 0 bridgehead atoms. The van der Waals surface area contributed by atoms with Gasteiger partial charge in [0.25, 0.3) is 5.91 Å². The Morgan fingerprint density at radius 3 is 3.05 bits per heavy atom. The van der Waals surface area contributed by atoms with Crippen LogP contribution >= 0.6 is 22.7 Å². The summed E-state index contributed by atoms with van der Waals surface area (Å²) < 4.78 is 1.19. The van der Waals surface area contributed by atoms with Crippen LogP contribution in [0.2, 0.25) is 0 Å². The highest BCUT2D eigenvalue weighted by Crippen LogP contribution is 2.27. The van der Waals surface area contributed by atoms with E-state index in [4.69, 9.17) is 5.73 Å². The molecular formula is C14H14N4OS2. The lowest BCUT2D eigenvalue weighted by Crippen LogP contribution is -2.12. The zero-order valence-corrected chi connectivity index (χ0v) is 13.0. The van der Waals surface area contributed by atoms with E-state index in [1.165, 1.54) is 16.0 Å². The van der Waals surface area contributed by atoms with Crippen LogP contribution < -0.4 is 16.4 Å². The summed E-state index contributed by atoms with van der Waals surface area (Å²) in [4.78, 5) is 16.8. The number of nitrogens with two attached hydrogens (primary N) is 1. The number of nitrogens with zero attached hydrogens (tertiary/aromatic N) is 1. The van der Waals surface area contributed by atoms with Crippen molar-refractivity contribution >= 4 is 55.3 Å². The molecule has 0 saturated carbocycles. The predicted octanol–water partition coefficient (Wildman–Crippen LogP) is 3.62. The van der Waals surface area contributed by atoms with Crippen molar-refractivity contribution in [3.63, 3.8) is 0 Å². The number of thiazole rings is 1. The molecule has 0 aliphatic carbocycles. The maximum absolute atomic E-state index is 12.3. The van der Waals surface area contributed by atoms with E-state index in [2.05, 4.69) is 15.6 Å². The molecule has 0 spiro atoms. The quantitative estimate of drug-likeness (QED) is 0.686. The first-order valence-electron chi connectivity index (χ1n) is 6.46. The highest BCUT2D eigenvalue weighted by molar-refractivity contribution is 7.18. The maximum atomic E-state index is 12.3. The Morgan fingerprint density at radius 2 is 2.24 bits per heavy atom. The fourth-order valence-electron chi connectivity index (χ4n) is 1.95. The van der Waals surface area contributed by atoms with Crippen molar-refractivity contribution in [2.75, 3.05) is 22.9 Å². The lowest BCUT2D eigenvalue weighted by Gasteiger charge is -2.04. The number of hydrogen-bond donors (Lipinski definition) is 3. The molecule has 5 nitrogen and oxygen atoms in total. The Bertz CT molecular complexity index is 793. The van der Waals surface area contributed by atoms with Crippen molar-refractivity contribution < 1.29 is 4.79 Å². The number of fused-ring (bicyclic) bond motifs is 1. The van der Waals surface area contributed by atoms with Gasteiger partial charge >= 0.3 is 0 Å². The van der Waals surface area contributed by atoms with Crippen LogP contribution in [0.15, 0.2) is 29.6 Å². The molecule has 2 aromatic heterocycles. The number of nitrogen functional groups attached to an aromatic ring is 1. The number of aromatic nitrogens is 1. The topological polar surface area (TPSA) is 80.0 Å². The second kappa shape index (κ2) is 5.71. The predicted molar refractivity (Wildman–Crippen MR) is 90.5 cm³/mol.